The van der Waals surface area contributed by atoms with Crippen molar-refractivity contribution in [3.63, 3.8) is 0 Å². The predicted molar refractivity (Wildman–Crippen MR) is 121 cm³/mol. The molecule has 0 spiro atoms. The van der Waals surface area contributed by atoms with Crippen LogP contribution in [0.4, 0.5) is 0 Å². The van der Waals surface area contributed by atoms with Crippen LogP contribution >= 0.6 is 24.8 Å². The molecule has 3 heterocycles. The number of carbonyl (C=O) groups is 1. The summed E-state index contributed by atoms with van der Waals surface area (Å²) >= 11 is 0. The van der Waals surface area contributed by atoms with Gasteiger partial charge in [0.15, 0.2) is 0 Å². The molecule has 2 saturated heterocycles. The normalized spacial score (nSPS) is 22.7. The molecule has 0 bridgehead atoms. The first-order valence-electron chi connectivity index (χ1n) is 9.64. The van der Waals surface area contributed by atoms with E-state index < -0.39 is 0 Å². The third-order valence-electron chi connectivity index (χ3n) is 6.18. The number of nitrogens with one attached hydrogen (secondary N) is 1. The van der Waals surface area contributed by atoms with Crippen molar-refractivity contribution >= 4 is 41.6 Å². The van der Waals surface area contributed by atoms with E-state index in [1.165, 1.54) is 11.1 Å². The standard InChI is InChI=1S/C23H23N3O.2ClH/c1-15-5-2-3-7-19(15)22-20-13-24-12-18(20)14-26(22)23(27)17-8-9-21-16(11-17)6-4-10-25-21;;/h2-11,18,20,22,24H,12-14H2,1H3;2*1H/t18-,20-,22-;;/m0../s1. The number of rotatable bonds is 2. The number of amides is 1. The molecule has 2 fully saturated rings. The zero-order valence-corrected chi connectivity index (χ0v) is 17.9. The maximum atomic E-state index is 13.5. The Morgan fingerprint density at radius 2 is 1.90 bits per heavy atom. The van der Waals surface area contributed by atoms with Crippen molar-refractivity contribution in [1.82, 2.24) is 15.2 Å². The SMILES string of the molecule is Cc1ccccc1[C@H]1[C@H]2CNC[C@H]2CN1C(=O)c1ccc2ncccc2c1.Cl.Cl. The van der Waals surface area contributed by atoms with Crippen LogP contribution in [0.3, 0.4) is 0 Å². The molecular formula is C23H25Cl2N3O. The average Bonchev–Trinajstić information content (AvgIpc) is 3.29. The van der Waals surface area contributed by atoms with Gasteiger partial charge in [-0.15, -0.1) is 24.8 Å². The maximum absolute atomic E-state index is 13.5. The lowest BCUT2D eigenvalue weighted by atomic mass is 9.87. The summed E-state index contributed by atoms with van der Waals surface area (Å²) in [5.41, 5.74) is 4.22. The summed E-state index contributed by atoms with van der Waals surface area (Å²) in [6.45, 7) is 4.95. The third kappa shape index (κ3) is 3.73. The van der Waals surface area contributed by atoms with Crippen molar-refractivity contribution in [2.75, 3.05) is 19.6 Å². The number of aryl methyl sites for hydroxylation is 1. The molecule has 2 aliphatic rings. The van der Waals surface area contributed by atoms with Gasteiger partial charge in [-0.3, -0.25) is 9.78 Å². The van der Waals surface area contributed by atoms with Crippen molar-refractivity contribution in [3.05, 3.63) is 77.5 Å². The van der Waals surface area contributed by atoms with Gasteiger partial charge in [0, 0.05) is 42.7 Å². The number of halogens is 2. The second-order valence-electron chi connectivity index (χ2n) is 7.75. The van der Waals surface area contributed by atoms with Gasteiger partial charge in [-0.05, 0) is 48.2 Å². The minimum Gasteiger partial charge on any atom is -0.331 e. The van der Waals surface area contributed by atoms with Crippen molar-refractivity contribution in [3.8, 4) is 0 Å². The molecule has 2 aliphatic heterocycles. The zero-order chi connectivity index (χ0) is 18.4. The smallest absolute Gasteiger partial charge is 0.254 e. The fourth-order valence-corrected chi connectivity index (χ4v) is 4.82. The largest absolute Gasteiger partial charge is 0.331 e. The quantitative estimate of drug-likeness (QED) is 0.655. The molecule has 3 aromatic rings. The first-order chi connectivity index (χ1) is 13.2. The van der Waals surface area contributed by atoms with E-state index in [9.17, 15) is 4.79 Å². The molecule has 3 atom stereocenters. The molecule has 152 valence electrons. The molecular weight excluding hydrogens is 405 g/mol. The molecule has 29 heavy (non-hydrogen) atoms. The number of carbonyl (C=O) groups excluding carboxylic acids is 1. The topological polar surface area (TPSA) is 45.2 Å². The van der Waals surface area contributed by atoms with Crippen LogP contribution in [0.2, 0.25) is 0 Å². The van der Waals surface area contributed by atoms with Crippen LogP contribution in [0.15, 0.2) is 60.8 Å². The van der Waals surface area contributed by atoms with E-state index in [1.54, 1.807) is 6.20 Å². The summed E-state index contributed by atoms with van der Waals surface area (Å²) in [5.74, 6) is 1.14. The number of hydrogen-bond acceptors (Lipinski definition) is 3. The van der Waals surface area contributed by atoms with E-state index in [2.05, 4.69) is 46.4 Å². The number of likely N-dealkylation sites (tertiary alicyclic amines) is 1. The molecule has 5 rings (SSSR count). The first kappa shape index (κ1) is 21.6. The van der Waals surface area contributed by atoms with Crippen LogP contribution < -0.4 is 5.32 Å². The van der Waals surface area contributed by atoms with E-state index in [0.717, 1.165) is 36.1 Å². The molecule has 1 aromatic heterocycles. The van der Waals surface area contributed by atoms with E-state index in [-0.39, 0.29) is 36.8 Å². The monoisotopic (exact) mass is 429 g/mol. The van der Waals surface area contributed by atoms with Crippen LogP contribution in [-0.2, 0) is 0 Å². The molecule has 2 aromatic carbocycles. The van der Waals surface area contributed by atoms with Crippen LogP contribution in [0, 0.1) is 18.8 Å². The van der Waals surface area contributed by atoms with Gasteiger partial charge in [-0.1, -0.05) is 30.3 Å². The first-order valence-corrected chi connectivity index (χ1v) is 9.64. The van der Waals surface area contributed by atoms with Gasteiger partial charge in [-0.25, -0.2) is 0 Å². The Kier molecular flexibility index (Phi) is 6.47. The fourth-order valence-electron chi connectivity index (χ4n) is 4.82. The second kappa shape index (κ2) is 8.70. The van der Waals surface area contributed by atoms with Gasteiger partial charge < -0.3 is 10.2 Å². The van der Waals surface area contributed by atoms with E-state index in [0.29, 0.717) is 11.8 Å². The molecule has 4 nitrogen and oxygen atoms in total. The Bertz CT molecular complexity index is 1030. The molecule has 0 saturated carbocycles. The highest BCUT2D eigenvalue weighted by atomic mass is 35.5. The maximum Gasteiger partial charge on any atom is 0.254 e. The van der Waals surface area contributed by atoms with E-state index in [4.69, 9.17) is 0 Å². The van der Waals surface area contributed by atoms with Gasteiger partial charge in [0.2, 0.25) is 0 Å². The average molecular weight is 430 g/mol. The summed E-state index contributed by atoms with van der Waals surface area (Å²) in [6.07, 6.45) is 1.78. The van der Waals surface area contributed by atoms with Crippen molar-refractivity contribution < 1.29 is 4.79 Å². The van der Waals surface area contributed by atoms with Crippen LogP contribution in [0.5, 0.6) is 0 Å². The number of pyridine rings is 1. The van der Waals surface area contributed by atoms with E-state index in [1.807, 2.05) is 30.3 Å². The molecule has 1 amide bonds. The molecule has 1 N–H and O–H groups in total. The number of nitrogens with zero attached hydrogens (tertiary/aromatic N) is 2. The number of aromatic nitrogens is 1. The predicted octanol–water partition coefficient (Wildman–Crippen LogP) is 4.42. The van der Waals surface area contributed by atoms with Crippen molar-refractivity contribution in [1.29, 1.82) is 0 Å². The summed E-state index contributed by atoms with van der Waals surface area (Å²) in [4.78, 5) is 20.0. The van der Waals surface area contributed by atoms with Crippen LogP contribution in [0.25, 0.3) is 10.9 Å². The Morgan fingerprint density at radius 1 is 1.07 bits per heavy atom. The number of hydrogen-bond donors (Lipinski definition) is 1. The Labute approximate surface area is 183 Å². The van der Waals surface area contributed by atoms with Gasteiger partial charge in [0.1, 0.15) is 0 Å². The number of fused-ring (bicyclic) bond motifs is 2. The van der Waals surface area contributed by atoms with E-state index >= 15 is 0 Å². The third-order valence-corrected chi connectivity index (χ3v) is 6.18. The summed E-state index contributed by atoms with van der Waals surface area (Å²) in [7, 11) is 0. The lowest BCUT2D eigenvalue weighted by Gasteiger charge is -2.29. The second-order valence-corrected chi connectivity index (χ2v) is 7.75. The van der Waals surface area contributed by atoms with Gasteiger partial charge in [0.05, 0.1) is 11.6 Å². The van der Waals surface area contributed by atoms with Gasteiger partial charge in [0.25, 0.3) is 5.91 Å². The Hall–Kier alpha value is -2.14. The van der Waals surface area contributed by atoms with Crippen molar-refractivity contribution in [2.45, 2.75) is 13.0 Å². The van der Waals surface area contributed by atoms with Crippen molar-refractivity contribution in [2.24, 2.45) is 11.8 Å². The summed E-state index contributed by atoms with van der Waals surface area (Å²) in [6, 6.07) is 18.4. The lowest BCUT2D eigenvalue weighted by Crippen LogP contribution is -2.35. The lowest BCUT2D eigenvalue weighted by molar-refractivity contribution is 0.0714. The fraction of sp³-hybridized carbons (Fsp3) is 0.304. The highest BCUT2D eigenvalue weighted by molar-refractivity contribution is 5.98. The summed E-state index contributed by atoms with van der Waals surface area (Å²) < 4.78 is 0. The summed E-state index contributed by atoms with van der Waals surface area (Å²) in [5, 5.41) is 4.53. The van der Waals surface area contributed by atoms with Crippen LogP contribution in [-0.4, -0.2) is 35.4 Å². The highest BCUT2D eigenvalue weighted by Crippen LogP contribution is 2.44. The van der Waals surface area contributed by atoms with Gasteiger partial charge >= 0.3 is 0 Å². The zero-order valence-electron chi connectivity index (χ0n) is 16.2. The van der Waals surface area contributed by atoms with Gasteiger partial charge in [-0.2, -0.15) is 0 Å². The Balaban J connectivity index is 0.00000120. The molecule has 0 unspecified atom stereocenters. The van der Waals surface area contributed by atoms with Crippen LogP contribution in [0.1, 0.15) is 27.5 Å². The minimum absolute atomic E-state index is 0. The Morgan fingerprint density at radius 3 is 2.72 bits per heavy atom. The molecule has 0 radical (unpaired) electrons. The highest BCUT2D eigenvalue weighted by Gasteiger charge is 2.47. The minimum atomic E-state index is 0. The molecule has 6 heteroatoms. The molecule has 0 aliphatic carbocycles. The number of benzene rings is 2.